The number of hydrogen-bond donors (Lipinski definition) is 3. The monoisotopic (exact) mass is 401 g/mol. The maximum Gasteiger partial charge on any atom is 0.573 e. The summed E-state index contributed by atoms with van der Waals surface area (Å²) >= 11 is 0. The van der Waals surface area contributed by atoms with Crippen molar-refractivity contribution in [3.63, 3.8) is 0 Å². The van der Waals surface area contributed by atoms with Crippen LogP contribution < -0.4 is 20.7 Å². The Balaban J connectivity index is 1.56. The fourth-order valence-electron chi connectivity index (χ4n) is 3.03. The highest BCUT2D eigenvalue weighted by atomic mass is 19.4. The molecular formula is C19H26F3N3O3. The Morgan fingerprint density at radius 3 is 2.36 bits per heavy atom. The molecule has 0 bridgehead atoms. The van der Waals surface area contributed by atoms with Crippen molar-refractivity contribution in [1.29, 1.82) is 0 Å². The van der Waals surface area contributed by atoms with Crippen molar-refractivity contribution >= 4 is 11.9 Å². The zero-order valence-corrected chi connectivity index (χ0v) is 15.6. The van der Waals surface area contributed by atoms with Crippen molar-refractivity contribution in [2.75, 3.05) is 6.54 Å². The summed E-state index contributed by atoms with van der Waals surface area (Å²) in [6.45, 7) is 0.607. The van der Waals surface area contributed by atoms with Crippen LogP contribution in [-0.4, -0.2) is 30.9 Å². The van der Waals surface area contributed by atoms with E-state index < -0.39 is 6.36 Å². The van der Waals surface area contributed by atoms with Gasteiger partial charge in [0.25, 0.3) is 0 Å². The van der Waals surface area contributed by atoms with E-state index in [9.17, 15) is 22.8 Å². The molecule has 1 fully saturated rings. The van der Waals surface area contributed by atoms with Gasteiger partial charge in [0, 0.05) is 25.6 Å². The Morgan fingerprint density at radius 2 is 1.71 bits per heavy atom. The number of ether oxygens (including phenoxy) is 1. The molecule has 1 aliphatic rings. The van der Waals surface area contributed by atoms with Crippen LogP contribution in [0.3, 0.4) is 0 Å². The quantitative estimate of drug-likeness (QED) is 0.582. The topological polar surface area (TPSA) is 79.5 Å². The number of urea groups is 1. The van der Waals surface area contributed by atoms with Gasteiger partial charge in [-0.1, -0.05) is 31.4 Å². The first-order chi connectivity index (χ1) is 13.3. The summed E-state index contributed by atoms with van der Waals surface area (Å²) in [5.41, 5.74) is 0.660. The van der Waals surface area contributed by atoms with E-state index in [2.05, 4.69) is 20.7 Å². The smallest absolute Gasteiger partial charge is 0.406 e. The fourth-order valence-corrected chi connectivity index (χ4v) is 3.03. The third-order valence-electron chi connectivity index (χ3n) is 4.45. The van der Waals surface area contributed by atoms with Gasteiger partial charge in [-0.2, -0.15) is 0 Å². The zero-order valence-electron chi connectivity index (χ0n) is 15.6. The SMILES string of the molecule is O=C(CCCNC(=O)NC1CCCCC1)NCc1ccc(OC(F)(F)F)cc1. The molecule has 0 heterocycles. The van der Waals surface area contributed by atoms with E-state index in [1.165, 1.54) is 30.7 Å². The second-order valence-electron chi connectivity index (χ2n) is 6.81. The van der Waals surface area contributed by atoms with E-state index in [1.54, 1.807) is 0 Å². The van der Waals surface area contributed by atoms with Crippen LogP contribution in [0.25, 0.3) is 0 Å². The number of halogens is 3. The molecule has 0 radical (unpaired) electrons. The largest absolute Gasteiger partial charge is 0.573 e. The molecule has 0 atom stereocenters. The van der Waals surface area contributed by atoms with Crippen molar-refractivity contribution in [1.82, 2.24) is 16.0 Å². The number of carbonyl (C=O) groups is 2. The molecule has 6 nitrogen and oxygen atoms in total. The van der Waals surface area contributed by atoms with Crippen LogP contribution in [-0.2, 0) is 11.3 Å². The number of amides is 3. The van der Waals surface area contributed by atoms with Crippen LogP contribution in [0.1, 0.15) is 50.5 Å². The minimum atomic E-state index is -4.73. The summed E-state index contributed by atoms with van der Waals surface area (Å²) in [6.07, 6.45) is 1.56. The number of alkyl halides is 3. The lowest BCUT2D eigenvalue weighted by atomic mass is 9.96. The summed E-state index contributed by atoms with van der Waals surface area (Å²) in [5.74, 6) is -0.495. The van der Waals surface area contributed by atoms with Crippen LogP contribution in [0.15, 0.2) is 24.3 Å². The van der Waals surface area contributed by atoms with E-state index in [1.807, 2.05) is 0 Å². The van der Waals surface area contributed by atoms with Crippen LogP contribution >= 0.6 is 0 Å². The number of rotatable bonds is 8. The van der Waals surface area contributed by atoms with Crippen LogP contribution in [0, 0.1) is 0 Å². The maximum atomic E-state index is 12.1. The average Bonchev–Trinajstić information content (AvgIpc) is 2.64. The van der Waals surface area contributed by atoms with Crippen molar-refractivity contribution in [3.8, 4) is 5.75 Å². The van der Waals surface area contributed by atoms with Gasteiger partial charge in [0.15, 0.2) is 0 Å². The van der Waals surface area contributed by atoms with Crippen LogP contribution in [0.2, 0.25) is 0 Å². The number of hydrogen-bond acceptors (Lipinski definition) is 3. The summed E-state index contributed by atoms with van der Waals surface area (Å²) in [7, 11) is 0. The molecule has 2 rings (SSSR count). The van der Waals surface area contributed by atoms with Gasteiger partial charge in [0.1, 0.15) is 5.75 Å². The molecule has 0 saturated heterocycles. The van der Waals surface area contributed by atoms with Crippen molar-refractivity contribution in [2.45, 2.75) is 63.9 Å². The zero-order chi connectivity index (χ0) is 20.4. The first-order valence-electron chi connectivity index (χ1n) is 9.47. The molecule has 1 aromatic rings. The number of nitrogens with one attached hydrogen (secondary N) is 3. The Bertz CT molecular complexity index is 630. The molecule has 28 heavy (non-hydrogen) atoms. The van der Waals surface area contributed by atoms with Gasteiger partial charge >= 0.3 is 12.4 Å². The van der Waals surface area contributed by atoms with E-state index in [-0.39, 0.29) is 36.7 Å². The minimum Gasteiger partial charge on any atom is -0.406 e. The highest BCUT2D eigenvalue weighted by Crippen LogP contribution is 2.22. The lowest BCUT2D eigenvalue weighted by Gasteiger charge is -2.22. The Labute approximate surface area is 162 Å². The molecule has 3 amide bonds. The third kappa shape index (κ3) is 8.96. The molecule has 1 saturated carbocycles. The second-order valence-corrected chi connectivity index (χ2v) is 6.81. The van der Waals surface area contributed by atoms with Crippen LogP contribution in [0.4, 0.5) is 18.0 Å². The average molecular weight is 401 g/mol. The summed E-state index contributed by atoms with van der Waals surface area (Å²) in [5, 5.41) is 8.38. The van der Waals surface area contributed by atoms with Gasteiger partial charge < -0.3 is 20.7 Å². The first kappa shape index (κ1) is 21.8. The normalized spacial score (nSPS) is 15.0. The molecule has 0 aromatic heterocycles. The van der Waals surface area contributed by atoms with Gasteiger partial charge in [-0.15, -0.1) is 13.2 Å². The summed E-state index contributed by atoms with van der Waals surface area (Å²) < 4.78 is 40.1. The van der Waals surface area contributed by atoms with Gasteiger partial charge in [-0.05, 0) is 37.0 Å². The maximum absolute atomic E-state index is 12.1. The summed E-state index contributed by atoms with van der Waals surface area (Å²) in [6, 6.07) is 5.35. The Hall–Kier alpha value is -2.45. The molecule has 0 unspecified atom stereocenters. The number of benzene rings is 1. The van der Waals surface area contributed by atoms with Crippen molar-refractivity contribution in [3.05, 3.63) is 29.8 Å². The molecule has 0 spiro atoms. The lowest BCUT2D eigenvalue weighted by molar-refractivity contribution is -0.274. The third-order valence-corrected chi connectivity index (χ3v) is 4.45. The molecular weight excluding hydrogens is 375 g/mol. The summed E-state index contributed by atoms with van der Waals surface area (Å²) in [4.78, 5) is 23.6. The Morgan fingerprint density at radius 1 is 1.04 bits per heavy atom. The lowest BCUT2D eigenvalue weighted by Crippen LogP contribution is -2.43. The van der Waals surface area contributed by atoms with E-state index in [0.29, 0.717) is 18.5 Å². The fraction of sp³-hybridized carbons (Fsp3) is 0.579. The predicted octanol–water partition coefficient (Wildman–Crippen LogP) is 3.61. The molecule has 9 heteroatoms. The first-order valence-corrected chi connectivity index (χ1v) is 9.47. The second kappa shape index (κ2) is 10.8. The molecule has 1 aromatic carbocycles. The van der Waals surface area contributed by atoms with Gasteiger partial charge in [0.05, 0.1) is 0 Å². The molecule has 0 aliphatic heterocycles. The van der Waals surface area contributed by atoms with Gasteiger partial charge in [-0.25, -0.2) is 4.79 Å². The highest BCUT2D eigenvalue weighted by molar-refractivity contribution is 5.76. The standard InChI is InChI=1S/C19H26F3N3O3/c20-19(21,22)28-16-10-8-14(9-11-16)13-24-17(26)7-4-12-23-18(27)25-15-5-2-1-3-6-15/h8-11,15H,1-7,12-13H2,(H,24,26)(H2,23,25,27). The van der Waals surface area contributed by atoms with Crippen molar-refractivity contribution in [2.24, 2.45) is 0 Å². The van der Waals surface area contributed by atoms with E-state index >= 15 is 0 Å². The molecule has 156 valence electrons. The van der Waals surface area contributed by atoms with E-state index in [4.69, 9.17) is 0 Å². The van der Waals surface area contributed by atoms with Crippen LogP contribution in [0.5, 0.6) is 5.75 Å². The minimum absolute atomic E-state index is 0.190. The van der Waals surface area contributed by atoms with Gasteiger partial charge in [0.2, 0.25) is 5.91 Å². The number of carbonyl (C=O) groups excluding carboxylic acids is 2. The van der Waals surface area contributed by atoms with E-state index in [0.717, 1.165) is 25.7 Å². The van der Waals surface area contributed by atoms with Gasteiger partial charge in [-0.3, -0.25) is 4.79 Å². The predicted molar refractivity (Wildman–Crippen MR) is 97.6 cm³/mol. The molecule has 1 aliphatic carbocycles. The molecule has 3 N–H and O–H groups in total. The highest BCUT2D eigenvalue weighted by Gasteiger charge is 2.30. The van der Waals surface area contributed by atoms with Crippen molar-refractivity contribution < 1.29 is 27.5 Å². The Kier molecular flexibility index (Phi) is 8.41.